The van der Waals surface area contributed by atoms with Gasteiger partial charge in [-0.05, 0) is 17.3 Å². The Morgan fingerprint density at radius 2 is 1.47 bits per heavy atom. The lowest BCUT2D eigenvalue weighted by molar-refractivity contribution is -0.135. The normalized spacial score (nSPS) is 13.6. The van der Waals surface area contributed by atoms with Gasteiger partial charge in [0.15, 0.2) is 0 Å². The molecule has 0 aliphatic rings. The molecule has 0 bridgehead atoms. The maximum Gasteiger partial charge on any atom is 0.226 e. The van der Waals surface area contributed by atoms with Crippen molar-refractivity contribution >= 4 is 5.91 Å². The van der Waals surface area contributed by atoms with E-state index < -0.39 is 0 Å². The Morgan fingerprint density at radius 1 is 1.00 bits per heavy atom. The van der Waals surface area contributed by atoms with Crippen molar-refractivity contribution in [3.8, 4) is 0 Å². The van der Waals surface area contributed by atoms with Crippen LogP contribution >= 0.6 is 0 Å². The third-order valence-corrected chi connectivity index (χ3v) is 4.10. The molecule has 0 aromatic rings. The van der Waals surface area contributed by atoms with E-state index >= 15 is 0 Å². The summed E-state index contributed by atoms with van der Waals surface area (Å²) in [5.41, 5.74) is -0.167. The Balaban J connectivity index is 4.48. The molecule has 0 atom stereocenters. The van der Waals surface area contributed by atoms with Crippen LogP contribution in [-0.4, -0.2) is 12.5 Å². The van der Waals surface area contributed by atoms with Crippen LogP contribution in [0, 0.1) is 16.2 Å². The molecule has 2 heteroatoms. The second-order valence-electron chi connectivity index (χ2n) is 7.47. The highest BCUT2D eigenvalue weighted by molar-refractivity contribution is 5.82. The maximum atomic E-state index is 12.3. The Bertz CT molecular complexity index is 259. The third kappa shape index (κ3) is 4.69. The van der Waals surface area contributed by atoms with Crippen molar-refractivity contribution < 1.29 is 4.79 Å². The van der Waals surface area contributed by atoms with Crippen molar-refractivity contribution in [3.63, 3.8) is 0 Å². The van der Waals surface area contributed by atoms with Crippen LogP contribution in [0.1, 0.15) is 68.2 Å². The van der Waals surface area contributed by atoms with Crippen molar-refractivity contribution in [1.29, 1.82) is 0 Å². The van der Waals surface area contributed by atoms with E-state index in [0.717, 1.165) is 19.4 Å². The van der Waals surface area contributed by atoms with Crippen molar-refractivity contribution in [3.05, 3.63) is 0 Å². The van der Waals surface area contributed by atoms with Gasteiger partial charge in [0.1, 0.15) is 0 Å². The van der Waals surface area contributed by atoms with E-state index in [1.807, 2.05) is 13.8 Å². The first-order valence-corrected chi connectivity index (χ1v) is 6.72. The summed E-state index contributed by atoms with van der Waals surface area (Å²) >= 11 is 0. The van der Waals surface area contributed by atoms with Gasteiger partial charge in [-0.1, -0.05) is 61.8 Å². The summed E-state index contributed by atoms with van der Waals surface area (Å²) in [6.45, 7) is 17.8. The number of nitrogens with one attached hydrogen (secondary N) is 1. The van der Waals surface area contributed by atoms with Gasteiger partial charge in [-0.3, -0.25) is 4.79 Å². The summed E-state index contributed by atoms with van der Waals surface area (Å²) in [7, 11) is 0. The Hall–Kier alpha value is -0.530. The summed E-state index contributed by atoms with van der Waals surface area (Å²) in [5.74, 6) is 0.161. The molecule has 102 valence electrons. The molecule has 0 saturated heterocycles. The second kappa shape index (κ2) is 5.41. The van der Waals surface area contributed by atoms with Gasteiger partial charge in [0, 0.05) is 12.0 Å². The fourth-order valence-corrected chi connectivity index (χ4v) is 1.65. The SMILES string of the molecule is CCCC(C)(C)CNC(=O)C(C)(C)C(C)(C)C. The fraction of sp³-hybridized carbons (Fsp3) is 0.933. The molecule has 1 amide bonds. The minimum absolute atomic E-state index is 0.0218. The highest BCUT2D eigenvalue weighted by atomic mass is 16.2. The average molecular weight is 241 g/mol. The largest absolute Gasteiger partial charge is 0.355 e. The van der Waals surface area contributed by atoms with Crippen LogP contribution in [0.5, 0.6) is 0 Å². The number of carbonyl (C=O) groups is 1. The fourth-order valence-electron chi connectivity index (χ4n) is 1.65. The molecule has 0 aromatic carbocycles. The molecule has 0 unspecified atom stereocenters. The zero-order valence-electron chi connectivity index (χ0n) is 13.0. The van der Waals surface area contributed by atoms with Gasteiger partial charge in [-0.2, -0.15) is 0 Å². The monoisotopic (exact) mass is 241 g/mol. The van der Waals surface area contributed by atoms with Gasteiger partial charge in [0.05, 0.1) is 0 Å². The lowest BCUT2D eigenvalue weighted by Gasteiger charge is -2.38. The topological polar surface area (TPSA) is 29.1 Å². The smallest absolute Gasteiger partial charge is 0.226 e. The highest BCUT2D eigenvalue weighted by Crippen LogP contribution is 2.38. The van der Waals surface area contributed by atoms with Gasteiger partial charge in [0.2, 0.25) is 5.91 Å². The van der Waals surface area contributed by atoms with E-state index in [1.54, 1.807) is 0 Å². The Labute approximate surface area is 108 Å². The Morgan fingerprint density at radius 3 is 1.82 bits per heavy atom. The number of carbonyl (C=O) groups excluding carboxylic acids is 1. The zero-order chi connectivity index (χ0) is 13.9. The quantitative estimate of drug-likeness (QED) is 0.774. The highest BCUT2D eigenvalue weighted by Gasteiger charge is 2.39. The van der Waals surface area contributed by atoms with Crippen LogP contribution in [0.15, 0.2) is 0 Å². The van der Waals surface area contributed by atoms with Gasteiger partial charge < -0.3 is 5.32 Å². The van der Waals surface area contributed by atoms with E-state index in [9.17, 15) is 4.79 Å². The first-order valence-electron chi connectivity index (χ1n) is 6.72. The molecule has 0 spiro atoms. The van der Waals surface area contributed by atoms with Crippen LogP contribution < -0.4 is 5.32 Å². The molecule has 0 heterocycles. The number of rotatable bonds is 5. The molecule has 1 N–H and O–H groups in total. The molecule has 0 saturated carbocycles. The van der Waals surface area contributed by atoms with Gasteiger partial charge in [0.25, 0.3) is 0 Å². The minimum atomic E-state index is -0.338. The van der Waals surface area contributed by atoms with Gasteiger partial charge in [-0.15, -0.1) is 0 Å². The summed E-state index contributed by atoms with van der Waals surface area (Å²) in [4.78, 5) is 12.3. The summed E-state index contributed by atoms with van der Waals surface area (Å²) in [6.07, 6.45) is 2.30. The van der Waals surface area contributed by atoms with E-state index in [2.05, 4.69) is 46.9 Å². The third-order valence-electron chi connectivity index (χ3n) is 4.10. The van der Waals surface area contributed by atoms with E-state index in [4.69, 9.17) is 0 Å². The van der Waals surface area contributed by atoms with Crippen molar-refractivity contribution in [2.45, 2.75) is 68.2 Å². The van der Waals surface area contributed by atoms with Crippen molar-refractivity contribution in [1.82, 2.24) is 5.32 Å². The van der Waals surface area contributed by atoms with Crippen LogP contribution in [0.2, 0.25) is 0 Å². The molecule has 0 radical (unpaired) electrons. The standard InChI is InChI=1S/C15H31NO/c1-9-10-14(5,6)11-16-12(17)15(7,8)13(2,3)4/h9-11H2,1-8H3,(H,16,17). The average Bonchev–Trinajstić information content (AvgIpc) is 2.12. The molecular weight excluding hydrogens is 210 g/mol. The molecule has 0 rings (SSSR count). The van der Waals surface area contributed by atoms with Gasteiger partial charge in [-0.25, -0.2) is 0 Å². The summed E-state index contributed by atoms with van der Waals surface area (Å²) < 4.78 is 0. The van der Waals surface area contributed by atoms with E-state index in [-0.39, 0.29) is 22.2 Å². The van der Waals surface area contributed by atoms with E-state index in [0.29, 0.717) is 0 Å². The molecule has 17 heavy (non-hydrogen) atoms. The van der Waals surface area contributed by atoms with Crippen LogP contribution in [0.25, 0.3) is 0 Å². The Kier molecular flexibility index (Phi) is 5.24. The first-order chi connectivity index (χ1) is 7.44. The predicted octanol–water partition coefficient (Wildman–Crippen LogP) is 4.00. The van der Waals surface area contributed by atoms with Gasteiger partial charge >= 0.3 is 0 Å². The summed E-state index contributed by atoms with van der Waals surface area (Å²) in [6, 6.07) is 0. The number of hydrogen-bond acceptors (Lipinski definition) is 1. The van der Waals surface area contributed by atoms with Crippen LogP contribution in [-0.2, 0) is 4.79 Å². The van der Waals surface area contributed by atoms with Crippen LogP contribution in [0.4, 0.5) is 0 Å². The predicted molar refractivity (Wildman–Crippen MR) is 74.9 cm³/mol. The first kappa shape index (κ1) is 16.5. The van der Waals surface area contributed by atoms with Crippen molar-refractivity contribution in [2.24, 2.45) is 16.2 Å². The minimum Gasteiger partial charge on any atom is -0.355 e. The molecule has 0 aromatic heterocycles. The lowest BCUT2D eigenvalue weighted by Crippen LogP contribution is -2.47. The zero-order valence-corrected chi connectivity index (χ0v) is 13.0. The summed E-state index contributed by atoms with van der Waals surface area (Å²) in [5, 5.41) is 3.12. The van der Waals surface area contributed by atoms with Crippen LogP contribution in [0.3, 0.4) is 0 Å². The molecule has 0 fully saturated rings. The number of amides is 1. The maximum absolute atomic E-state index is 12.3. The lowest BCUT2D eigenvalue weighted by atomic mass is 9.68. The molecule has 2 nitrogen and oxygen atoms in total. The molecule has 0 aliphatic carbocycles. The number of hydrogen-bond donors (Lipinski definition) is 1. The van der Waals surface area contributed by atoms with Crippen molar-refractivity contribution in [2.75, 3.05) is 6.54 Å². The molecule has 0 aliphatic heterocycles. The molecular formula is C15H31NO. The second-order valence-corrected chi connectivity index (χ2v) is 7.47. The van der Waals surface area contributed by atoms with E-state index in [1.165, 1.54) is 0 Å².